The number of hydrogen-bond acceptors (Lipinski definition) is 2. The van der Waals surface area contributed by atoms with Gasteiger partial charge in [-0.15, -0.1) is 11.3 Å². The lowest BCUT2D eigenvalue weighted by atomic mass is 9.90. The molecule has 60 valence electrons. The van der Waals surface area contributed by atoms with Gasteiger partial charge < -0.3 is 5.73 Å². The van der Waals surface area contributed by atoms with Gasteiger partial charge in [0, 0.05) is 10.8 Å². The first-order valence-electron chi connectivity index (χ1n) is 4.18. The van der Waals surface area contributed by atoms with E-state index < -0.39 is 0 Å². The molecule has 0 unspecified atom stereocenters. The molecule has 1 aliphatic carbocycles. The van der Waals surface area contributed by atoms with Crippen LogP contribution >= 0.6 is 11.3 Å². The van der Waals surface area contributed by atoms with Gasteiger partial charge in [-0.25, -0.2) is 0 Å². The van der Waals surface area contributed by atoms with Gasteiger partial charge in [0.2, 0.25) is 0 Å². The molecule has 0 aliphatic heterocycles. The molecule has 11 heavy (non-hydrogen) atoms. The standard InChI is InChI=1S/C9H13NS/c10-6-8-3-1-2-7-4-5-11-9(7)8/h4-5,8H,1-3,6,10H2/t8-/m0/s1. The van der Waals surface area contributed by atoms with Gasteiger partial charge in [-0.05, 0) is 42.8 Å². The third-order valence-corrected chi connectivity index (χ3v) is 3.56. The van der Waals surface area contributed by atoms with Crippen LogP contribution in [0.4, 0.5) is 0 Å². The van der Waals surface area contributed by atoms with Crippen molar-refractivity contribution in [1.29, 1.82) is 0 Å². The molecule has 1 heterocycles. The van der Waals surface area contributed by atoms with E-state index >= 15 is 0 Å². The zero-order valence-electron chi connectivity index (χ0n) is 6.55. The highest BCUT2D eigenvalue weighted by Crippen LogP contribution is 2.34. The van der Waals surface area contributed by atoms with Crippen LogP contribution in [0.25, 0.3) is 0 Å². The first-order valence-corrected chi connectivity index (χ1v) is 5.06. The fourth-order valence-electron chi connectivity index (χ4n) is 1.81. The fraction of sp³-hybridized carbons (Fsp3) is 0.556. The van der Waals surface area contributed by atoms with Crippen LogP contribution in [0.3, 0.4) is 0 Å². The van der Waals surface area contributed by atoms with E-state index in [1.54, 1.807) is 10.4 Å². The first kappa shape index (κ1) is 7.32. The average Bonchev–Trinajstić information content (AvgIpc) is 2.50. The molecule has 1 aliphatic rings. The molecule has 2 rings (SSSR count). The van der Waals surface area contributed by atoms with Crippen molar-refractivity contribution < 1.29 is 0 Å². The summed E-state index contributed by atoms with van der Waals surface area (Å²) in [6.07, 6.45) is 3.89. The van der Waals surface area contributed by atoms with Crippen LogP contribution in [0.1, 0.15) is 29.2 Å². The average molecular weight is 167 g/mol. The third kappa shape index (κ3) is 1.21. The van der Waals surface area contributed by atoms with E-state index in [2.05, 4.69) is 11.4 Å². The summed E-state index contributed by atoms with van der Waals surface area (Å²) in [5, 5.41) is 2.19. The van der Waals surface area contributed by atoms with E-state index in [4.69, 9.17) is 5.73 Å². The Morgan fingerprint density at radius 3 is 3.36 bits per heavy atom. The predicted octanol–water partition coefficient (Wildman–Crippen LogP) is 2.13. The number of rotatable bonds is 1. The van der Waals surface area contributed by atoms with Gasteiger partial charge >= 0.3 is 0 Å². The molecule has 1 nitrogen and oxygen atoms in total. The van der Waals surface area contributed by atoms with Gasteiger partial charge in [0.25, 0.3) is 0 Å². The molecule has 2 heteroatoms. The second kappa shape index (κ2) is 2.95. The fourth-order valence-corrected chi connectivity index (χ4v) is 2.91. The SMILES string of the molecule is NC[C@@H]1CCCc2ccsc21. The number of nitrogens with two attached hydrogens (primary N) is 1. The minimum absolute atomic E-state index is 0.666. The van der Waals surface area contributed by atoms with Gasteiger partial charge in [-0.2, -0.15) is 0 Å². The molecule has 1 atom stereocenters. The predicted molar refractivity (Wildman–Crippen MR) is 49.1 cm³/mol. The Labute approximate surface area is 71.2 Å². The van der Waals surface area contributed by atoms with Crippen molar-refractivity contribution >= 4 is 11.3 Å². The zero-order valence-corrected chi connectivity index (χ0v) is 7.36. The Balaban J connectivity index is 2.32. The Bertz CT molecular complexity index is 241. The van der Waals surface area contributed by atoms with Crippen molar-refractivity contribution in [3.63, 3.8) is 0 Å². The Morgan fingerprint density at radius 2 is 2.55 bits per heavy atom. The molecule has 0 radical (unpaired) electrons. The summed E-state index contributed by atoms with van der Waals surface area (Å²) in [5.74, 6) is 0.666. The molecule has 1 aromatic rings. The lowest BCUT2D eigenvalue weighted by molar-refractivity contribution is 0.571. The normalized spacial score (nSPS) is 23.2. The molecule has 0 fully saturated rings. The van der Waals surface area contributed by atoms with Crippen molar-refractivity contribution in [3.05, 3.63) is 21.9 Å². The molecule has 0 amide bonds. The molecule has 0 aromatic carbocycles. The van der Waals surface area contributed by atoms with Crippen LogP contribution in [0.15, 0.2) is 11.4 Å². The molecule has 0 bridgehead atoms. The summed E-state index contributed by atoms with van der Waals surface area (Å²) in [6, 6.07) is 2.25. The van der Waals surface area contributed by atoms with Crippen molar-refractivity contribution in [1.82, 2.24) is 0 Å². The van der Waals surface area contributed by atoms with Crippen LogP contribution in [0.5, 0.6) is 0 Å². The number of fused-ring (bicyclic) bond motifs is 1. The van der Waals surface area contributed by atoms with Crippen molar-refractivity contribution in [2.45, 2.75) is 25.2 Å². The molecule has 1 aromatic heterocycles. The van der Waals surface area contributed by atoms with Crippen molar-refractivity contribution in [2.24, 2.45) is 5.73 Å². The van der Waals surface area contributed by atoms with E-state index in [0.29, 0.717) is 5.92 Å². The maximum absolute atomic E-state index is 5.68. The highest BCUT2D eigenvalue weighted by atomic mass is 32.1. The monoisotopic (exact) mass is 167 g/mol. The van der Waals surface area contributed by atoms with Gasteiger partial charge in [-0.3, -0.25) is 0 Å². The third-order valence-electron chi connectivity index (χ3n) is 2.43. The largest absolute Gasteiger partial charge is 0.330 e. The van der Waals surface area contributed by atoms with Crippen LogP contribution in [0, 0.1) is 0 Å². The van der Waals surface area contributed by atoms with Crippen LogP contribution in [-0.2, 0) is 6.42 Å². The highest BCUT2D eigenvalue weighted by molar-refractivity contribution is 7.10. The minimum atomic E-state index is 0.666. The first-order chi connectivity index (χ1) is 5.42. The molecular formula is C9H13NS. The quantitative estimate of drug-likeness (QED) is 0.681. The van der Waals surface area contributed by atoms with Gasteiger partial charge in [0.15, 0.2) is 0 Å². The topological polar surface area (TPSA) is 26.0 Å². The maximum Gasteiger partial charge on any atom is 0.0121 e. The molecule has 2 N–H and O–H groups in total. The van der Waals surface area contributed by atoms with E-state index in [-0.39, 0.29) is 0 Å². The van der Waals surface area contributed by atoms with Crippen molar-refractivity contribution in [2.75, 3.05) is 6.54 Å². The zero-order chi connectivity index (χ0) is 7.68. The second-order valence-electron chi connectivity index (χ2n) is 3.13. The second-order valence-corrected chi connectivity index (χ2v) is 4.08. The van der Waals surface area contributed by atoms with E-state index in [9.17, 15) is 0 Å². The van der Waals surface area contributed by atoms with E-state index in [1.807, 2.05) is 11.3 Å². The summed E-state index contributed by atoms with van der Waals surface area (Å²) < 4.78 is 0. The summed E-state index contributed by atoms with van der Waals surface area (Å²) in [6.45, 7) is 0.827. The molecule has 0 saturated carbocycles. The number of hydrogen-bond donors (Lipinski definition) is 1. The van der Waals surface area contributed by atoms with Crippen molar-refractivity contribution in [3.8, 4) is 0 Å². The Kier molecular flexibility index (Phi) is 1.96. The minimum Gasteiger partial charge on any atom is -0.330 e. The smallest absolute Gasteiger partial charge is 0.0121 e. The van der Waals surface area contributed by atoms with Crippen LogP contribution in [-0.4, -0.2) is 6.54 Å². The van der Waals surface area contributed by atoms with E-state index in [1.165, 1.54) is 19.3 Å². The summed E-state index contributed by atoms with van der Waals surface area (Å²) in [7, 11) is 0. The summed E-state index contributed by atoms with van der Waals surface area (Å²) in [4.78, 5) is 1.55. The number of thiophene rings is 1. The highest BCUT2D eigenvalue weighted by Gasteiger charge is 2.19. The Hall–Kier alpha value is -0.340. The Morgan fingerprint density at radius 1 is 1.64 bits per heavy atom. The van der Waals surface area contributed by atoms with Gasteiger partial charge in [-0.1, -0.05) is 0 Å². The van der Waals surface area contributed by atoms with Crippen LogP contribution < -0.4 is 5.73 Å². The maximum atomic E-state index is 5.68. The van der Waals surface area contributed by atoms with Gasteiger partial charge in [0.1, 0.15) is 0 Å². The van der Waals surface area contributed by atoms with Crippen LogP contribution in [0.2, 0.25) is 0 Å². The van der Waals surface area contributed by atoms with Gasteiger partial charge in [0.05, 0.1) is 0 Å². The van der Waals surface area contributed by atoms with E-state index in [0.717, 1.165) is 6.54 Å². The summed E-state index contributed by atoms with van der Waals surface area (Å²) >= 11 is 1.88. The lowest BCUT2D eigenvalue weighted by Crippen LogP contribution is -2.16. The number of aryl methyl sites for hydroxylation is 1. The molecule has 0 spiro atoms. The molecular weight excluding hydrogens is 154 g/mol. The lowest BCUT2D eigenvalue weighted by Gasteiger charge is -2.20. The summed E-state index contributed by atoms with van der Waals surface area (Å²) in [5.41, 5.74) is 7.24. The molecule has 0 saturated heterocycles.